The van der Waals surface area contributed by atoms with E-state index in [0.29, 0.717) is 5.02 Å². The SMILES string of the molecule is Cc1ccc(Cc2nc3cc(Cl)ccn3n2)cc1. The van der Waals surface area contributed by atoms with E-state index >= 15 is 0 Å². The highest BCUT2D eigenvalue weighted by Gasteiger charge is 2.05. The molecule has 0 spiro atoms. The van der Waals surface area contributed by atoms with Crippen molar-refractivity contribution in [3.8, 4) is 0 Å². The van der Waals surface area contributed by atoms with E-state index in [1.165, 1.54) is 11.1 Å². The van der Waals surface area contributed by atoms with Crippen LogP contribution >= 0.6 is 11.6 Å². The van der Waals surface area contributed by atoms with Gasteiger partial charge in [0.2, 0.25) is 0 Å². The van der Waals surface area contributed by atoms with Crippen LogP contribution in [-0.2, 0) is 6.42 Å². The normalized spacial score (nSPS) is 11.0. The highest BCUT2D eigenvalue weighted by molar-refractivity contribution is 6.30. The van der Waals surface area contributed by atoms with Crippen molar-refractivity contribution >= 4 is 17.2 Å². The van der Waals surface area contributed by atoms with Crippen molar-refractivity contribution in [2.45, 2.75) is 13.3 Å². The van der Waals surface area contributed by atoms with Crippen molar-refractivity contribution < 1.29 is 0 Å². The fourth-order valence-corrected chi connectivity index (χ4v) is 2.02. The molecule has 0 atom stereocenters. The molecule has 3 aromatic rings. The molecule has 3 nitrogen and oxygen atoms in total. The maximum absolute atomic E-state index is 5.92. The number of fused-ring (bicyclic) bond motifs is 1. The molecule has 18 heavy (non-hydrogen) atoms. The van der Waals surface area contributed by atoms with Gasteiger partial charge >= 0.3 is 0 Å². The molecule has 2 heterocycles. The molecule has 4 heteroatoms. The predicted octanol–water partition coefficient (Wildman–Crippen LogP) is 3.28. The van der Waals surface area contributed by atoms with E-state index in [2.05, 4.69) is 41.3 Å². The van der Waals surface area contributed by atoms with Gasteiger partial charge in [-0.25, -0.2) is 9.50 Å². The lowest BCUT2D eigenvalue weighted by molar-refractivity contribution is 0.900. The zero-order valence-electron chi connectivity index (χ0n) is 9.97. The lowest BCUT2D eigenvalue weighted by Crippen LogP contribution is -1.92. The Hall–Kier alpha value is -1.87. The minimum Gasteiger partial charge on any atom is -0.221 e. The van der Waals surface area contributed by atoms with Crippen LogP contribution in [0.1, 0.15) is 17.0 Å². The molecule has 0 fully saturated rings. The summed E-state index contributed by atoms with van der Waals surface area (Å²) in [7, 11) is 0. The second-order valence-electron chi connectivity index (χ2n) is 4.34. The highest BCUT2D eigenvalue weighted by Crippen LogP contribution is 2.13. The van der Waals surface area contributed by atoms with Gasteiger partial charge in [0.05, 0.1) is 0 Å². The van der Waals surface area contributed by atoms with E-state index in [4.69, 9.17) is 11.6 Å². The molecule has 0 bridgehead atoms. The van der Waals surface area contributed by atoms with E-state index in [9.17, 15) is 0 Å². The maximum atomic E-state index is 5.92. The molecule has 0 amide bonds. The van der Waals surface area contributed by atoms with Crippen LogP contribution in [0.2, 0.25) is 5.02 Å². The van der Waals surface area contributed by atoms with Crippen molar-refractivity contribution in [3.05, 3.63) is 64.6 Å². The van der Waals surface area contributed by atoms with Gasteiger partial charge < -0.3 is 0 Å². The van der Waals surface area contributed by atoms with Crippen molar-refractivity contribution in [1.29, 1.82) is 0 Å². The fraction of sp³-hybridized carbons (Fsp3) is 0.143. The number of aryl methyl sites for hydroxylation is 1. The maximum Gasteiger partial charge on any atom is 0.157 e. The summed E-state index contributed by atoms with van der Waals surface area (Å²) in [4.78, 5) is 4.46. The average molecular weight is 258 g/mol. The molecule has 3 rings (SSSR count). The first-order chi connectivity index (χ1) is 8.70. The van der Waals surface area contributed by atoms with Gasteiger partial charge in [0.1, 0.15) is 0 Å². The average Bonchev–Trinajstić information content (AvgIpc) is 2.73. The molecule has 0 aliphatic heterocycles. The van der Waals surface area contributed by atoms with E-state index < -0.39 is 0 Å². The van der Waals surface area contributed by atoms with Gasteiger partial charge in [-0.1, -0.05) is 41.4 Å². The molecule has 0 aliphatic rings. The third-order valence-corrected chi connectivity index (χ3v) is 3.06. The number of aromatic nitrogens is 3. The van der Waals surface area contributed by atoms with Crippen LogP contribution in [0.3, 0.4) is 0 Å². The third-order valence-electron chi connectivity index (χ3n) is 2.83. The Morgan fingerprint density at radius 1 is 1.17 bits per heavy atom. The molecular formula is C14H12ClN3. The van der Waals surface area contributed by atoms with Gasteiger partial charge in [-0.3, -0.25) is 0 Å². The highest BCUT2D eigenvalue weighted by atomic mass is 35.5. The van der Waals surface area contributed by atoms with Gasteiger partial charge in [-0.15, -0.1) is 0 Å². The molecule has 0 saturated heterocycles. The third kappa shape index (κ3) is 2.22. The van der Waals surface area contributed by atoms with Crippen molar-refractivity contribution in [2.24, 2.45) is 0 Å². The van der Waals surface area contributed by atoms with Crippen LogP contribution in [0.25, 0.3) is 5.65 Å². The smallest absolute Gasteiger partial charge is 0.157 e. The van der Waals surface area contributed by atoms with Gasteiger partial charge in [0.15, 0.2) is 11.5 Å². The van der Waals surface area contributed by atoms with Crippen LogP contribution in [0.5, 0.6) is 0 Å². The van der Waals surface area contributed by atoms with Crippen LogP contribution in [0.15, 0.2) is 42.6 Å². The Bertz CT molecular complexity index is 686. The quantitative estimate of drug-likeness (QED) is 0.705. The predicted molar refractivity (Wildman–Crippen MR) is 72.0 cm³/mol. The van der Waals surface area contributed by atoms with Crippen molar-refractivity contribution in [2.75, 3.05) is 0 Å². The van der Waals surface area contributed by atoms with Gasteiger partial charge in [0, 0.05) is 23.7 Å². The topological polar surface area (TPSA) is 30.2 Å². The summed E-state index contributed by atoms with van der Waals surface area (Å²) >= 11 is 5.92. The monoisotopic (exact) mass is 257 g/mol. The molecule has 2 aromatic heterocycles. The molecule has 0 radical (unpaired) electrons. The second kappa shape index (κ2) is 4.42. The van der Waals surface area contributed by atoms with Crippen LogP contribution in [0.4, 0.5) is 0 Å². The Kier molecular flexibility index (Phi) is 2.76. The van der Waals surface area contributed by atoms with Gasteiger partial charge in [-0.2, -0.15) is 5.10 Å². The van der Waals surface area contributed by atoms with E-state index in [0.717, 1.165) is 17.9 Å². The summed E-state index contributed by atoms with van der Waals surface area (Å²) in [5.41, 5.74) is 3.25. The Morgan fingerprint density at radius 2 is 1.94 bits per heavy atom. The number of benzene rings is 1. The Morgan fingerprint density at radius 3 is 2.72 bits per heavy atom. The molecule has 0 saturated carbocycles. The summed E-state index contributed by atoms with van der Waals surface area (Å²) in [6.45, 7) is 2.08. The molecule has 1 aromatic carbocycles. The first-order valence-corrected chi connectivity index (χ1v) is 6.15. The first kappa shape index (κ1) is 11.2. The summed E-state index contributed by atoms with van der Waals surface area (Å²) < 4.78 is 1.75. The zero-order valence-corrected chi connectivity index (χ0v) is 10.7. The number of hydrogen-bond donors (Lipinski definition) is 0. The molecule has 0 unspecified atom stereocenters. The number of rotatable bonds is 2. The van der Waals surface area contributed by atoms with Crippen molar-refractivity contribution in [3.63, 3.8) is 0 Å². The zero-order chi connectivity index (χ0) is 12.5. The second-order valence-corrected chi connectivity index (χ2v) is 4.77. The Balaban J connectivity index is 1.92. The van der Waals surface area contributed by atoms with E-state index in [1.54, 1.807) is 10.6 Å². The van der Waals surface area contributed by atoms with Gasteiger partial charge in [-0.05, 0) is 18.6 Å². The summed E-state index contributed by atoms with van der Waals surface area (Å²) in [6, 6.07) is 12.0. The minimum absolute atomic E-state index is 0.678. The first-order valence-electron chi connectivity index (χ1n) is 5.77. The van der Waals surface area contributed by atoms with Crippen LogP contribution in [-0.4, -0.2) is 14.6 Å². The molecular weight excluding hydrogens is 246 g/mol. The standard InChI is InChI=1S/C14H12ClN3/c1-10-2-4-11(5-3-10)8-13-16-14-9-12(15)6-7-18(14)17-13/h2-7,9H,8H2,1H3. The summed E-state index contributed by atoms with van der Waals surface area (Å²) in [5.74, 6) is 0.807. The molecule has 0 N–H and O–H groups in total. The van der Waals surface area contributed by atoms with Crippen molar-refractivity contribution in [1.82, 2.24) is 14.6 Å². The van der Waals surface area contributed by atoms with Crippen LogP contribution < -0.4 is 0 Å². The number of hydrogen-bond acceptors (Lipinski definition) is 2. The van der Waals surface area contributed by atoms with E-state index in [1.807, 2.05) is 12.3 Å². The summed E-state index contributed by atoms with van der Waals surface area (Å²) in [6.07, 6.45) is 2.56. The summed E-state index contributed by atoms with van der Waals surface area (Å²) in [5, 5.41) is 5.10. The number of pyridine rings is 1. The minimum atomic E-state index is 0.678. The molecule has 0 aliphatic carbocycles. The number of halogens is 1. The fourth-order valence-electron chi connectivity index (χ4n) is 1.87. The molecule has 90 valence electrons. The lowest BCUT2D eigenvalue weighted by atomic mass is 10.1. The largest absolute Gasteiger partial charge is 0.221 e. The van der Waals surface area contributed by atoms with Crippen LogP contribution in [0, 0.1) is 6.92 Å². The lowest BCUT2D eigenvalue weighted by Gasteiger charge is -1.97. The van der Waals surface area contributed by atoms with Gasteiger partial charge in [0.25, 0.3) is 0 Å². The number of nitrogens with zero attached hydrogens (tertiary/aromatic N) is 3. The Labute approximate surface area is 110 Å². The van der Waals surface area contributed by atoms with E-state index in [-0.39, 0.29) is 0 Å².